The molecular weight excluding hydrogens is 356 g/mol. The number of carbonyl (C=O) groups is 2. The molecule has 28 heavy (non-hydrogen) atoms. The monoisotopic (exact) mass is 389 g/mol. The van der Waals surface area contributed by atoms with E-state index in [0.717, 1.165) is 52.1 Å². The van der Waals surface area contributed by atoms with E-state index in [9.17, 15) is 9.59 Å². The normalized spacial score (nSPS) is 24.4. The first-order valence-electron chi connectivity index (χ1n) is 10.5. The summed E-state index contributed by atoms with van der Waals surface area (Å²) in [4.78, 5) is 26.3. The number of amides is 1. The molecule has 1 heterocycles. The van der Waals surface area contributed by atoms with Crippen molar-refractivity contribution in [2.75, 3.05) is 26.3 Å². The fourth-order valence-electron chi connectivity index (χ4n) is 4.00. The first-order valence-corrected chi connectivity index (χ1v) is 10.5. The summed E-state index contributed by atoms with van der Waals surface area (Å²) in [6.45, 7) is 8.36. The number of esters is 1. The van der Waals surface area contributed by atoms with Gasteiger partial charge >= 0.3 is 5.97 Å². The molecule has 1 amide bonds. The van der Waals surface area contributed by atoms with Crippen LogP contribution in [0, 0.1) is 5.92 Å². The van der Waals surface area contributed by atoms with Crippen molar-refractivity contribution in [1.29, 1.82) is 0 Å². The third-order valence-electron chi connectivity index (χ3n) is 5.94. The molecule has 2 aliphatic rings. The zero-order valence-electron chi connectivity index (χ0n) is 17.0. The summed E-state index contributed by atoms with van der Waals surface area (Å²) in [6.07, 6.45) is 3.71. The Morgan fingerprint density at radius 3 is 2.54 bits per heavy atom. The summed E-state index contributed by atoms with van der Waals surface area (Å²) in [5.41, 5.74) is 1.66. The van der Waals surface area contributed by atoms with E-state index in [-0.39, 0.29) is 11.9 Å². The van der Waals surface area contributed by atoms with Gasteiger partial charge in [-0.2, -0.15) is 0 Å². The number of rotatable bonds is 6. The summed E-state index contributed by atoms with van der Waals surface area (Å²) in [7, 11) is 0. The summed E-state index contributed by atoms with van der Waals surface area (Å²) in [5, 5.41) is 3.05. The summed E-state index contributed by atoms with van der Waals surface area (Å²) < 4.78 is 10.8. The Bertz CT molecular complexity index is 655. The minimum atomic E-state index is -0.793. The van der Waals surface area contributed by atoms with Crippen molar-refractivity contribution >= 4 is 11.9 Å². The second kappa shape index (κ2) is 10.0. The van der Waals surface area contributed by atoms with Crippen LogP contribution >= 0.6 is 0 Å². The zero-order valence-corrected chi connectivity index (χ0v) is 17.0. The standard InChI is InChI=1S/C22H32N2O4/c1-16-5-3-4-6-20(16)23-21(25)17(2)28-22(26)19-9-7-18(8-10-19)15-24-11-13-27-14-12-24/h7-10,16-17,20H,3-6,11-15H2,1-2H3,(H,23,25)/p+1/t16-,17-,20+/m1/s1. The van der Waals surface area contributed by atoms with Crippen LogP contribution in [0.15, 0.2) is 24.3 Å². The predicted octanol–water partition coefficient (Wildman–Crippen LogP) is 1.34. The van der Waals surface area contributed by atoms with E-state index in [4.69, 9.17) is 9.47 Å². The molecule has 3 atom stereocenters. The molecule has 0 bridgehead atoms. The Kier molecular flexibility index (Phi) is 7.45. The summed E-state index contributed by atoms with van der Waals surface area (Å²) in [6, 6.07) is 7.68. The van der Waals surface area contributed by atoms with Crippen LogP contribution in [-0.4, -0.2) is 50.3 Å². The Balaban J connectivity index is 1.48. The lowest BCUT2D eigenvalue weighted by atomic mass is 9.86. The molecule has 0 unspecified atom stereocenters. The van der Waals surface area contributed by atoms with Crippen LogP contribution in [0.5, 0.6) is 0 Å². The van der Waals surface area contributed by atoms with Gasteiger partial charge < -0.3 is 19.7 Å². The number of ether oxygens (including phenoxy) is 2. The number of quaternary nitrogens is 1. The van der Waals surface area contributed by atoms with Crippen LogP contribution in [-0.2, 0) is 20.8 Å². The highest BCUT2D eigenvalue weighted by molar-refractivity contribution is 5.92. The minimum Gasteiger partial charge on any atom is -0.449 e. The van der Waals surface area contributed by atoms with Crippen molar-refractivity contribution in [3.05, 3.63) is 35.4 Å². The third kappa shape index (κ3) is 5.79. The molecular formula is C22H33N2O4+. The topological polar surface area (TPSA) is 69.1 Å². The molecule has 1 aromatic rings. The Hall–Kier alpha value is -1.92. The van der Waals surface area contributed by atoms with Crippen LogP contribution in [0.2, 0.25) is 0 Å². The quantitative estimate of drug-likeness (QED) is 0.721. The largest absolute Gasteiger partial charge is 0.449 e. The first kappa shape index (κ1) is 20.8. The molecule has 3 rings (SSSR count). The van der Waals surface area contributed by atoms with Crippen molar-refractivity contribution in [3.63, 3.8) is 0 Å². The van der Waals surface area contributed by atoms with Gasteiger partial charge in [-0.05, 0) is 37.8 Å². The fraction of sp³-hybridized carbons (Fsp3) is 0.636. The smallest absolute Gasteiger partial charge is 0.338 e. The zero-order chi connectivity index (χ0) is 19.9. The Morgan fingerprint density at radius 1 is 1.18 bits per heavy atom. The Labute approximate surface area is 167 Å². The number of carbonyl (C=O) groups excluding carboxylic acids is 2. The van der Waals surface area contributed by atoms with Gasteiger partial charge in [0.1, 0.15) is 19.6 Å². The number of morpholine rings is 1. The summed E-state index contributed by atoms with van der Waals surface area (Å²) in [5.74, 6) is -0.189. The second-order valence-electron chi connectivity index (χ2n) is 8.16. The molecule has 2 fully saturated rings. The predicted molar refractivity (Wildman–Crippen MR) is 106 cm³/mol. The fourth-order valence-corrected chi connectivity index (χ4v) is 4.00. The SMILES string of the molecule is C[C@@H]1CCCC[C@@H]1NC(=O)[C@@H](C)OC(=O)c1ccc(C[NH+]2CCOCC2)cc1. The van der Waals surface area contributed by atoms with Crippen molar-refractivity contribution < 1.29 is 24.0 Å². The summed E-state index contributed by atoms with van der Waals surface area (Å²) >= 11 is 0. The van der Waals surface area contributed by atoms with Crippen molar-refractivity contribution in [1.82, 2.24) is 5.32 Å². The molecule has 2 N–H and O–H groups in total. The van der Waals surface area contributed by atoms with Crippen LogP contribution in [0.25, 0.3) is 0 Å². The molecule has 0 radical (unpaired) electrons. The third-order valence-corrected chi connectivity index (χ3v) is 5.94. The highest BCUT2D eigenvalue weighted by Crippen LogP contribution is 2.23. The maximum absolute atomic E-state index is 12.4. The maximum Gasteiger partial charge on any atom is 0.338 e. The molecule has 6 heteroatoms. The molecule has 1 aliphatic carbocycles. The van der Waals surface area contributed by atoms with Gasteiger partial charge in [0.25, 0.3) is 5.91 Å². The maximum atomic E-state index is 12.4. The van der Waals surface area contributed by atoms with Gasteiger partial charge in [0.15, 0.2) is 6.10 Å². The minimum absolute atomic E-state index is 0.185. The van der Waals surface area contributed by atoms with E-state index >= 15 is 0 Å². The molecule has 0 spiro atoms. The van der Waals surface area contributed by atoms with Crippen molar-refractivity contribution in [3.8, 4) is 0 Å². The molecule has 1 aromatic carbocycles. The van der Waals surface area contributed by atoms with Crippen LogP contribution in [0.1, 0.15) is 55.5 Å². The van der Waals surface area contributed by atoms with Crippen molar-refractivity contribution in [2.24, 2.45) is 5.92 Å². The van der Waals surface area contributed by atoms with Gasteiger partial charge in [-0.3, -0.25) is 4.79 Å². The lowest BCUT2D eigenvalue weighted by Gasteiger charge is -2.30. The number of benzene rings is 1. The van der Waals surface area contributed by atoms with E-state index < -0.39 is 12.1 Å². The van der Waals surface area contributed by atoms with Crippen LogP contribution in [0.3, 0.4) is 0 Å². The van der Waals surface area contributed by atoms with E-state index in [2.05, 4.69) is 12.2 Å². The Morgan fingerprint density at radius 2 is 1.86 bits per heavy atom. The van der Waals surface area contributed by atoms with Crippen LogP contribution in [0.4, 0.5) is 0 Å². The molecule has 1 saturated carbocycles. The average Bonchev–Trinajstić information content (AvgIpc) is 2.71. The van der Waals surface area contributed by atoms with E-state index in [1.54, 1.807) is 19.1 Å². The second-order valence-corrected chi connectivity index (χ2v) is 8.16. The van der Waals surface area contributed by atoms with E-state index in [1.807, 2.05) is 12.1 Å². The van der Waals surface area contributed by atoms with Gasteiger partial charge in [-0.25, -0.2) is 4.79 Å². The van der Waals surface area contributed by atoms with Gasteiger partial charge in [0.05, 0.1) is 18.8 Å². The first-order chi connectivity index (χ1) is 13.5. The van der Waals surface area contributed by atoms with E-state index in [0.29, 0.717) is 11.5 Å². The number of nitrogens with one attached hydrogen (secondary N) is 2. The number of hydrogen-bond donors (Lipinski definition) is 2. The molecule has 6 nitrogen and oxygen atoms in total. The van der Waals surface area contributed by atoms with Gasteiger partial charge in [0.2, 0.25) is 0 Å². The number of hydrogen-bond acceptors (Lipinski definition) is 4. The van der Waals surface area contributed by atoms with Crippen LogP contribution < -0.4 is 10.2 Å². The molecule has 1 aliphatic heterocycles. The highest BCUT2D eigenvalue weighted by atomic mass is 16.5. The van der Waals surface area contributed by atoms with Gasteiger partial charge in [0, 0.05) is 11.6 Å². The molecule has 1 saturated heterocycles. The molecule has 0 aromatic heterocycles. The van der Waals surface area contributed by atoms with Crippen molar-refractivity contribution in [2.45, 2.75) is 58.2 Å². The molecule has 154 valence electrons. The highest BCUT2D eigenvalue weighted by Gasteiger charge is 2.26. The van der Waals surface area contributed by atoms with Gasteiger partial charge in [-0.15, -0.1) is 0 Å². The average molecular weight is 390 g/mol. The van der Waals surface area contributed by atoms with Gasteiger partial charge in [-0.1, -0.05) is 31.9 Å². The van der Waals surface area contributed by atoms with E-state index in [1.165, 1.54) is 16.9 Å². The lowest BCUT2D eigenvalue weighted by molar-refractivity contribution is -0.921. The lowest BCUT2D eigenvalue weighted by Crippen LogP contribution is -3.12.